The Morgan fingerprint density at radius 3 is 2.68 bits per heavy atom. The van der Waals surface area contributed by atoms with Crippen molar-refractivity contribution in [3.8, 4) is 11.5 Å². The molecule has 0 fully saturated rings. The van der Waals surface area contributed by atoms with Crippen LogP contribution < -0.4 is 5.32 Å². The highest BCUT2D eigenvalue weighted by atomic mass is 16.1. The van der Waals surface area contributed by atoms with Crippen molar-refractivity contribution in [3.63, 3.8) is 0 Å². The maximum absolute atomic E-state index is 12.6. The Bertz CT molecular complexity index is 1100. The lowest BCUT2D eigenvalue weighted by Gasteiger charge is -2.10. The SMILES string of the molecule is Cc1cc(C)n(-c2ccc(CNC(=O)c3ccccc3-n3cnnn3)cn2)n1. The third-order valence-electron chi connectivity index (χ3n) is 4.23. The maximum atomic E-state index is 12.6. The first-order valence-electron chi connectivity index (χ1n) is 8.71. The second kappa shape index (κ2) is 7.39. The highest BCUT2D eigenvalue weighted by molar-refractivity contribution is 5.97. The first-order valence-corrected chi connectivity index (χ1v) is 8.71. The minimum atomic E-state index is -0.214. The molecule has 9 nitrogen and oxygen atoms in total. The van der Waals surface area contributed by atoms with Gasteiger partial charge in [0.05, 0.1) is 16.9 Å². The van der Waals surface area contributed by atoms with E-state index in [2.05, 4.69) is 30.9 Å². The van der Waals surface area contributed by atoms with Gasteiger partial charge in [-0.15, -0.1) is 5.10 Å². The van der Waals surface area contributed by atoms with Gasteiger partial charge < -0.3 is 5.32 Å². The van der Waals surface area contributed by atoms with Crippen molar-refractivity contribution >= 4 is 5.91 Å². The van der Waals surface area contributed by atoms with Crippen LogP contribution in [0.4, 0.5) is 0 Å². The molecular formula is C19H18N8O. The molecule has 0 atom stereocenters. The number of aromatic nitrogens is 7. The van der Waals surface area contributed by atoms with Crippen LogP contribution in [0.15, 0.2) is 55.0 Å². The first kappa shape index (κ1) is 17.5. The summed E-state index contributed by atoms with van der Waals surface area (Å²) in [6.07, 6.45) is 3.19. The van der Waals surface area contributed by atoms with Gasteiger partial charge in [-0.2, -0.15) is 9.78 Å². The Morgan fingerprint density at radius 1 is 1.14 bits per heavy atom. The number of carbonyl (C=O) groups excluding carboxylic acids is 1. The first-order chi connectivity index (χ1) is 13.6. The number of pyridine rings is 1. The zero-order chi connectivity index (χ0) is 19.5. The molecule has 0 unspecified atom stereocenters. The number of para-hydroxylation sites is 1. The van der Waals surface area contributed by atoms with Crippen LogP contribution in [-0.2, 0) is 6.54 Å². The van der Waals surface area contributed by atoms with E-state index in [4.69, 9.17) is 0 Å². The average molecular weight is 374 g/mol. The molecule has 0 aliphatic heterocycles. The second-order valence-corrected chi connectivity index (χ2v) is 6.32. The van der Waals surface area contributed by atoms with Crippen molar-refractivity contribution in [1.82, 2.24) is 40.3 Å². The monoisotopic (exact) mass is 374 g/mol. The summed E-state index contributed by atoms with van der Waals surface area (Å²) in [6.45, 7) is 4.28. The van der Waals surface area contributed by atoms with Gasteiger partial charge in [0.1, 0.15) is 6.33 Å². The molecule has 3 heterocycles. The average Bonchev–Trinajstić information content (AvgIpc) is 3.36. The fourth-order valence-corrected chi connectivity index (χ4v) is 2.92. The maximum Gasteiger partial charge on any atom is 0.253 e. The van der Waals surface area contributed by atoms with Gasteiger partial charge in [-0.3, -0.25) is 4.79 Å². The highest BCUT2D eigenvalue weighted by Gasteiger charge is 2.13. The summed E-state index contributed by atoms with van der Waals surface area (Å²) >= 11 is 0. The Balaban J connectivity index is 1.47. The molecule has 0 spiro atoms. The molecule has 0 aliphatic rings. The summed E-state index contributed by atoms with van der Waals surface area (Å²) in [5.41, 5.74) is 3.95. The largest absolute Gasteiger partial charge is 0.348 e. The van der Waals surface area contributed by atoms with Crippen molar-refractivity contribution in [3.05, 3.63) is 77.5 Å². The lowest BCUT2D eigenvalue weighted by atomic mass is 10.1. The van der Waals surface area contributed by atoms with E-state index in [-0.39, 0.29) is 5.91 Å². The van der Waals surface area contributed by atoms with E-state index in [9.17, 15) is 4.79 Å². The number of tetrazole rings is 1. The van der Waals surface area contributed by atoms with E-state index >= 15 is 0 Å². The molecule has 0 bridgehead atoms. The molecule has 0 radical (unpaired) electrons. The summed E-state index contributed by atoms with van der Waals surface area (Å²) in [7, 11) is 0. The van der Waals surface area contributed by atoms with Crippen LogP contribution in [0.3, 0.4) is 0 Å². The smallest absolute Gasteiger partial charge is 0.253 e. The van der Waals surface area contributed by atoms with E-state index in [1.807, 2.05) is 38.1 Å². The summed E-state index contributed by atoms with van der Waals surface area (Å²) in [5, 5.41) is 18.4. The van der Waals surface area contributed by atoms with Crippen molar-refractivity contribution in [2.24, 2.45) is 0 Å². The van der Waals surface area contributed by atoms with Gasteiger partial charge in [0.15, 0.2) is 5.82 Å². The van der Waals surface area contributed by atoms with Crippen LogP contribution in [0, 0.1) is 13.8 Å². The second-order valence-electron chi connectivity index (χ2n) is 6.32. The zero-order valence-corrected chi connectivity index (χ0v) is 15.4. The number of hydrogen-bond donors (Lipinski definition) is 1. The van der Waals surface area contributed by atoms with Crippen LogP contribution in [-0.4, -0.2) is 40.9 Å². The number of nitrogens with one attached hydrogen (secondary N) is 1. The molecule has 4 rings (SSSR count). The molecule has 28 heavy (non-hydrogen) atoms. The predicted octanol–water partition coefficient (Wildman–Crippen LogP) is 1.79. The molecule has 1 amide bonds. The van der Waals surface area contributed by atoms with Crippen molar-refractivity contribution in [1.29, 1.82) is 0 Å². The van der Waals surface area contributed by atoms with Crippen LogP contribution in [0.1, 0.15) is 27.3 Å². The summed E-state index contributed by atoms with van der Waals surface area (Å²) in [5.74, 6) is 0.526. The number of carbonyl (C=O) groups is 1. The van der Waals surface area contributed by atoms with E-state index in [1.165, 1.54) is 11.0 Å². The molecular weight excluding hydrogens is 356 g/mol. The number of hydrogen-bond acceptors (Lipinski definition) is 6. The number of nitrogens with zero attached hydrogens (tertiary/aromatic N) is 7. The fraction of sp³-hybridized carbons (Fsp3) is 0.158. The van der Waals surface area contributed by atoms with Gasteiger partial charge in [0, 0.05) is 18.4 Å². The Kier molecular flexibility index (Phi) is 4.63. The van der Waals surface area contributed by atoms with Crippen LogP contribution >= 0.6 is 0 Å². The van der Waals surface area contributed by atoms with E-state index < -0.39 is 0 Å². The Labute approximate surface area is 161 Å². The van der Waals surface area contributed by atoms with E-state index in [0.29, 0.717) is 17.8 Å². The topological polar surface area (TPSA) is 103 Å². The normalized spacial score (nSPS) is 10.8. The molecule has 0 saturated carbocycles. The third-order valence-corrected chi connectivity index (χ3v) is 4.23. The standard InChI is InChI=1S/C19H18N8O/c1-13-9-14(2)27(23-13)18-8-7-15(10-20-18)11-21-19(28)16-5-3-4-6-17(16)26-12-22-24-25-26/h3-10,12H,11H2,1-2H3,(H,21,28). The van der Waals surface area contributed by atoms with Gasteiger partial charge in [-0.1, -0.05) is 18.2 Å². The van der Waals surface area contributed by atoms with Gasteiger partial charge in [-0.05, 0) is 54.1 Å². The van der Waals surface area contributed by atoms with Gasteiger partial charge in [0.2, 0.25) is 0 Å². The third kappa shape index (κ3) is 3.50. The highest BCUT2D eigenvalue weighted by Crippen LogP contribution is 2.13. The zero-order valence-electron chi connectivity index (χ0n) is 15.4. The van der Waals surface area contributed by atoms with Crippen LogP contribution in [0.25, 0.3) is 11.5 Å². The molecule has 0 saturated heterocycles. The van der Waals surface area contributed by atoms with Crippen LogP contribution in [0.2, 0.25) is 0 Å². The quantitative estimate of drug-likeness (QED) is 0.571. The molecule has 1 aromatic carbocycles. The molecule has 9 heteroatoms. The predicted molar refractivity (Wildman–Crippen MR) is 101 cm³/mol. The Hall–Kier alpha value is -3.88. The lowest BCUT2D eigenvalue weighted by molar-refractivity contribution is 0.0950. The molecule has 0 aliphatic carbocycles. The fourth-order valence-electron chi connectivity index (χ4n) is 2.92. The number of aryl methyl sites for hydroxylation is 2. The number of rotatable bonds is 5. The van der Waals surface area contributed by atoms with Crippen molar-refractivity contribution < 1.29 is 4.79 Å². The summed E-state index contributed by atoms with van der Waals surface area (Å²) in [6, 6.07) is 13.0. The molecule has 4 aromatic rings. The van der Waals surface area contributed by atoms with E-state index in [0.717, 1.165) is 22.8 Å². The molecule has 1 N–H and O–H groups in total. The minimum absolute atomic E-state index is 0.214. The summed E-state index contributed by atoms with van der Waals surface area (Å²) in [4.78, 5) is 17.1. The van der Waals surface area contributed by atoms with Crippen molar-refractivity contribution in [2.75, 3.05) is 0 Å². The van der Waals surface area contributed by atoms with Gasteiger partial charge >= 0.3 is 0 Å². The van der Waals surface area contributed by atoms with Crippen LogP contribution in [0.5, 0.6) is 0 Å². The van der Waals surface area contributed by atoms with Gasteiger partial charge in [-0.25, -0.2) is 9.67 Å². The number of amides is 1. The lowest BCUT2D eigenvalue weighted by Crippen LogP contribution is -2.24. The summed E-state index contributed by atoms with van der Waals surface area (Å²) < 4.78 is 3.25. The van der Waals surface area contributed by atoms with Gasteiger partial charge in [0.25, 0.3) is 5.91 Å². The number of benzene rings is 1. The molecule has 140 valence electrons. The van der Waals surface area contributed by atoms with Crippen molar-refractivity contribution in [2.45, 2.75) is 20.4 Å². The van der Waals surface area contributed by atoms with E-state index in [1.54, 1.807) is 29.1 Å². The Morgan fingerprint density at radius 2 is 2.00 bits per heavy atom. The molecule has 3 aromatic heterocycles. The minimum Gasteiger partial charge on any atom is -0.348 e.